The van der Waals surface area contributed by atoms with Crippen molar-refractivity contribution in [2.24, 2.45) is 0 Å². The molecule has 0 saturated heterocycles. The Labute approximate surface area is 208 Å². The average molecular weight is 489 g/mol. The van der Waals surface area contributed by atoms with Crippen LogP contribution in [0.5, 0.6) is 0 Å². The van der Waals surface area contributed by atoms with Crippen LogP contribution in [0.15, 0.2) is 79.1 Å². The fourth-order valence-corrected chi connectivity index (χ4v) is 3.86. The zero-order valence-electron chi connectivity index (χ0n) is 18.6. The van der Waals surface area contributed by atoms with Gasteiger partial charge in [-0.3, -0.25) is 4.79 Å². The van der Waals surface area contributed by atoms with Crippen molar-refractivity contribution in [3.63, 3.8) is 0 Å². The number of carbonyl (C=O) groups excluding carboxylic acids is 1. The molecule has 2 heterocycles. The van der Waals surface area contributed by atoms with Gasteiger partial charge in [-0.05, 0) is 97.8 Å². The van der Waals surface area contributed by atoms with E-state index in [9.17, 15) is 4.79 Å². The van der Waals surface area contributed by atoms with Gasteiger partial charge < -0.3 is 10.6 Å². The molecule has 0 fully saturated rings. The van der Waals surface area contributed by atoms with Gasteiger partial charge >= 0.3 is 0 Å². The van der Waals surface area contributed by atoms with Gasteiger partial charge in [-0.2, -0.15) is 0 Å². The van der Waals surface area contributed by atoms with E-state index in [4.69, 9.17) is 23.2 Å². The second-order valence-corrected chi connectivity index (χ2v) is 8.58. The molecule has 0 atom stereocenters. The maximum absolute atomic E-state index is 13.1. The van der Waals surface area contributed by atoms with Crippen LogP contribution in [0.2, 0.25) is 10.0 Å². The van der Waals surface area contributed by atoms with E-state index >= 15 is 0 Å². The quantitative estimate of drug-likeness (QED) is 0.205. The summed E-state index contributed by atoms with van der Waals surface area (Å²) in [5.41, 5.74) is 4.90. The Bertz CT molecular complexity index is 1380. The second kappa shape index (κ2) is 10.5. The number of pyridine rings is 2. The van der Waals surface area contributed by atoms with Crippen LogP contribution in [-0.2, 0) is 0 Å². The molecule has 5 nitrogen and oxygen atoms in total. The van der Waals surface area contributed by atoms with Crippen LogP contribution < -0.4 is 10.6 Å². The SMILES string of the molecule is Cc1cc(Cl)ccc1Nc1ncccc1/C=C/C(=O)c1cccnc1Nc1ccc(Cl)cc1C. The van der Waals surface area contributed by atoms with Crippen LogP contribution in [0.1, 0.15) is 27.0 Å². The number of hydrogen-bond acceptors (Lipinski definition) is 5. The summed E-state index contributed by atoms with van der Waals surface area (Å²) in [6.07, 6.45) is 6.61. The van der Waals surface area contributed by atoms with Gasteiger partial charge in [0.15, 0.2) is 5.78 Å². The third-order valence-electron chi connectivity index (χ3n) is 5.21. The minimum absolute atomic E-state index is 0.181. The molecule has 0 aliphatic rings. The van der Waals surface area contributed by atoms with E-state index < -0.39 is 0 Å². The summed E-state index contributed by atoms with van der Waals surface area (Å²) >= 11 is 12.1. The van der Waals surface area contributed by atoms with E-state index in [-0.39, 0.29) is 5.78 Å². The summed E-state index contributed by atoms with van der Waals surface area (Å²) in [5.74, 6) is 0.932. The fourth-order valence-electron chi connectivity index (χ4n) is 3.41. The van der Waals surface area contributed by atoms with Gasteiger partial charge in [0.1, 0.15) is 11.6 Å². The number of nitrogens with one attached hydrogen (secondary N) is 2. The van der Waals surface area contributed by atoms with E-state index in [1.807, 2.05) is 56.3 Å². The molecule has 7 heteroatoms. The monoisotopic (exact) mass is 488 g/mol. The van der Waals surface area contributed by atoms with Gasteiger partial charge in [0.05, 0.1) is 5.56 Å². The first-order valence-corrected chi connectivity index (χ1v) is 11.3. The summed E-state index contributed by atoms with van der Waals surface area (Å²) in [6.45, 7) is 3.91. The molecule has 34 heavy (non-hydrogen) atoms. The van der Waals surface area contributed by atoms with Gasteiger partial charge in [-0.25, -0.2) is 9.97 Å². The second-order valence-electron chi connectivity index (χ2n) is 7.71. The number of rotatable bonds is 7. The molecule has 0 aliphatic heterocycles. The summed E-state index contributed by atoms with van der Waals surface area (Å²) in [5, 5.41) is 7.88. The van der Waals surface area contributed by atoms with Crippen molar-refractivity contribution in [2.45, 2.75) is 13.8 Å². The Balaban J connectivity index is 1.57. The van der Waals surface area contributed by atoms with Crippen LogP contribution in [0.3, 0.4) is 0 Å². The lowest BCUT2D eigenvalue weighted by Crippen LogP contribution is -2.04. The number of benzene rings is 2. The lowest BCUT2D eigenvalue weighted by molar-refractivity contribution is 0.104. The predicted molar refractivity (Wildman–Crippen MR) is 141 cm³/mol. The first kappa shape index (κ1) is 23.5. The molecule has 0 aliphatic carbocycles. The highest BCUT2D eigenvalue weighted by molar-refractivity contribution is 6.31. The molecule has 2 N–H and O–H groups in total. The minimum atomic E-state index is -0.181. The molecule has 0 bridgehead atoms. The molecule has 0 radical (unpaired) electrons. The maximum atomic E-state index is 13.1. The molecule has 0 saturated carbocycles. The standard InChI is InChI=1S/C27H22Cl2N4O/c1-17-15-20(28)8-10-23(17)32-26-19(5-3-13-30-26)7-12-25(34)22-6-4-14-31-27(22)33-24-11-9-21(29)16-18(24)2/h3-16H,1-2H3,(H,30,32)(H,31,33)/b12-7+. The van der Waals surface area contributed by atoms with Gasteiger partial charge in [0.2, 0.25) is 0 Å². The zero-order valence-corrected chi connectivity index (χ0v) is 20.2. The Morgan fingerprint density at radius 1 is 0.794 bits per heavy atom. The summed E-state index contributed by atoms with van der Waals surface area (Å²) in [7, 11) is 0. The third kappa shape index (κ3) is 5.63. The van der Waals surface area contributed by atoms with E-state index in [0.29, 0.717) is 27.2 Å². The van der Waals surface area contributed by atoms with Crippen molar-refractivity contribution >= 4 is 58.1 Å². The summed E-state index contributed by atoms with van der Waals surface area (Å²) in [6, 6.07) is 18.3. The molecule has 2 aromatic carbocycles. The van der Waals surface area contributed by atoms with Crippen LogP contribution >= 0.6 is 23.2 Å². The highest BCUT2D eigenvalue weighted by Crippen LogP contribution is 2.27. The van der Waals surface area contributed by atoms with Gasteiger partial charge in [0.25, 0.3) is 0 Å². The summed E-state index contributed by atoms with van der Waals surface area (Å²) < 4.78 is 0. The van der Waals surface area contributed by atoms with Crippen LogP contribution in [0.25, 0.3) is 6.08 Å². The van der Waals surface area contributed by atoms with Crippen LogP contribution in [-0.4, -0.2) is 15.8 Å². The van der Waals surface area contributed by atoms with Crippen molar-refractivity contribution in [2.75, 3.05) is 10.6 Å². The maximum Gasteiger partial charge on any atom is 0.189 e. The predicted octanol–water partition coefficient (Wildman–Crippen LogP) is 7.78. The zero-order chi connectivity index (χ0) is 24.1. The van der Waals surface area contributed by atoms with Gasteiger partial charge in [-0.15, -0.1) is 0 Å². The molecular formula is C27H22Cl2N4O. The Morgan fingerprint density at radius 2 is 1.35 bits per heavy atom. The minimum Gasteiger partial charge on any atom is -0.340 e. The largest absolute Gasteiger partial charge is 0.340 e. The molecular weight excluding hydrogens is 467 g/mol. The van der Waals surface area contributed by atoms with Crippen molar-refractivity contribution in [1.29, 1.82) is 0 Å². The fraction of sp³-hybridized carbons (Fsp3) is 0.0741. The number of aryl methyl sites for hydroxylation is 2. The van der Waals surface area contributed by atoms with E-state index in [1.54, 1.807) is 36.7 Å². The Hall–Kier alpha value is -3.67. The van der Waals surface area contributed by atoms with Crippen molar-refractivity contribution in [3.05, 3.63) is 111 Å². The van der Waals surface area contributed by atoms with Crippen LogP contribution in [0.4, 0.5) is 23.0 Å². The molecule has 0 unspecified atom stereocenters. The summed E-state index contributed by atoms with van der Waals surface area (Å²) in [4.78, 5) is 21.9. The molecule has 4 rings (SSSR count). The van der Waals surface area contributed by atoms with Gasteiger partial charge in [-0.1, -0.05) is 23.2 Å². The number of carbonyl (C=O) groups is 1. The highest BCUT2D eigenvalue weighted by Gasteiger charge is 2.12. The molecule has 0 spiro atoms. The van der Waals surface area contributed by atoms with Gasteiger partial charge in [0, 0.05) is 39.4 Å². The number of aromatic nitrogens is 2. The average Bonchev–Trinajstić information content (AvgIpc) is 2.82. The number of allylic oxidation sites excluding steroid dienone is 1. The molecule has 4 aromatic rings. The van der Waals surface area contributed by atoms with E-state index in [2.05, 4.69) is 20.6 Å². The number of nitrogens with zero attached hydrogens (tertiary/aromatic N) is 2. The van der Waals surface area contributed by atoms with E-state index in [0.717, 1.165) is 28.1 Å². The van der Waals surface area contributed by atoms with Crippen molar-refractivity contribution in [1.82, 2.24) is 9.97 Å². The first-order chi connectivity index (χ1) is 16.4. The van der Waals surface area contributed by atoms with Crippen molar-refractivity contribution in [3.8, 4) is 0 Å². The third-order valence-corrected chi connectivity index (χ3v) is 5.68. The Morgan fingerprint density at radius 3 is 1.97 bits per heavy atom. The first-order valence-electron chi connectivity index (χ1n) is 10.6. The lowest BCUT2D eigenvalue weighted by atomic mass is 10.1. The molecule has 2 aromatic heterocycles. The number of halogens is 2. The van der Waals surface area contributed by atoms with Crippen LogP contribution in [0, 0.1) is 13.8 Å². The molecule has 170 valence electrons. The number of hydrogen-bond donors (Lipinski definition) is 2. The normalized spacial score (nSPS) is 10.9. The highest BCUT2D eigenvalue weighted by atomic mass is 35.5. The number of anilines is 4. The Kier molecular flexibility index (Phi) is 7.26. The number of ketones is 1. The van der Waals surface area contributed by atoms with E-state index in [1.165, 1.54) is 6.08 Å². The smallest absolute Gasteiger partial charge is 0.189 e. The molecule has 0 amide bonds. The van der Waals surface area contributed by atoms with Crippen molar-refractivity contribution < 1.29 is 4.79 Å². The lowest BCUT2D eigenvalue weighted by Gasteiger charge is -2.12. The topological polar surface area (TPSA) is 66.9 Å².